The summed E-state index contributed by atoms with van der Waals surface area (Å²) in [7, 11) is 0. The Hall–Kier alpha value is -4.22. The quantitative estimate of drug-likeness (QED) is 0.183. The molecule has 0 atom stereocenters. The van der Waals surface area contributed by atoms with Gasteiger partial charge in [0.2, 0.25) is 0 Å². The first-order chi connectivity index (χ1) is 18.1. The second-order valence-corrected chi connectivity index (χ2v) is 8.66. The largest absolute Gasteiger partial charge is 0.493 e. The van der Waals surface area contributed by atoms with Crippen LogP contribution in [-0.2, 0) is 9.59 Å². The van der Waals surface area contributed by atoms with Crippen molar-refractivity contribution in [3.63, 3.8) is 0 Å². The third-order valence-corrected chi connectivity index (χ3v) is 5.92. The summed E-state index contributed by atoms with van der Waals surface area (Å²) in [6.45, 7) is 3.58. The first-order valence-electron chi connectivity index (χ1n) is 12.5. The molecule has 37 heavy (non-hydrogen) atoms. The molecule has 0 unspecified atom stereocenters. The van der Waals surface area contributed by atoms with E-state index in [-0.39, 0.29) is 18.0 Å². The maximum atomic E-state index is 12.5. The third-order valence-electron chi connectivity index (χ3n) is 5.92. The molecule has 0 saturated heterocycles. The van der Waals surface area contributed by atoms with Crippen molar-refractivity contribution < 1.29 is 19.1 Å². The van der Waals surface area contributed by atoms with Gasteiger partial charge in [0.15, 0.2) is 11.6 Å². The molecule has 0 fully saturated rings. The minimum Gasteiger partial charge on any atom is -0.493 e. The van der Waals surface area contributed by atoms with Crippen molar-refractivity contribution in [3.05, 3.63) is 96.1 Å². The Morgan fingerprint density at radius 1 is 0.676 bits per heavy atom. The summed E-state index contributed by atoms with van der Waals surface area (Å²) in [5, 5.41) is 3.90. The van der Waals surface area contributed by atoms with Gasteiger partial charge < -0.3 is 15.2 Å². The van der Waals surface area contributed by atoms with E-state index >= 15 is 0 Å². The highest BCUT2D eigenvalue weighted by Gasteiger charge is 2.09. The molecule has 188 valence electrons. The molecule has 0 aliphatic heterocycles. The smallest absolute Gasteiger partial charge is 0.163 e. The van der Waals surface area contributed by atoms with Crippen molar-refractivity contribution in [3.8, 4) is 11.5 Å². The van der Waals surface area contributed by atoms with Gasteiger partial charge in [-0.15, -0.1) is 0 Å². The minimum absolute atomic E-state index is 0.196. The van der Waals surface area contributed by atoms with E-state index in [1.165, 1.54) is 12.2 Å². The van der Waals surface area contributed by atoms with Crippen LogP contribution in [0, 0.1) is 0 Å². The molecule has 0 spiro atoms. The third kappa shape index (κ3) is 6.51. The van der Waals surface area contributed by atoms with E-state index in [0.717, 1.165) is 50.6 Å². The summed E-state index contributed by atoms with van der Waals surface area (Å²) >= 11 is 0. The van der Waals surface area contributed by atoms with E-state index in [4.69, 9.17) is 15.2 Å². The Balaban J connectivity index is 1.45. The molecule has 4 aromatic carbocycles. The van der Waals surface area contributed by atoms with Gasteiger partial charge >= 0.3 is 0 Å². The number of carbonyl (C=O) groups excluding carboxylic acids is 2. The number of nitrogens with two attached hydrogens (primary N) is 1. The zero-order chi connectivity index (χ0) is 26.0. The molecule has 0 amide bonds. The van der Waals surface area contributed by atoms with Crippen LogP contribution in [0.3, 0.4) is 0 Å². The van der Waals surface area contributed by atoms with Crippen LogP contribution in [0.2, 0.25) is 0 Å². The molecule has 4 rings (SSSR count). The topological polar surface area (TPSA) is 78.6 Å². The van der Waals surface area contributed by atoms with Gasteiger partial charge in [-0.3, -0.25) is 9.59 Å². The van der Waals surface area contributed by atoms with Crippen molar-refractivity contribution >= 4 is 45.3 Å². The molecule has 2 N–H and O–H groups in total. The summed E-state index contributed by atoms with van der Waals surface area (Å²) in [4.78, 5) is 25.1. The molecule has 4 aromatic rings. The predicted octanol–water partition coefficient (Wildman–Crippen LogP) is 6.37. The number of ether oxygens (including phenoxy) is 2. The fraction of sp³-hybridized carbons (Fsp3) is 0.188. The lowest BCUT2D eigenvalue weighted by molar-refractivity contribution is -0.121. The predicted molar refractivity (Wildman–Crippen MR) is 151 cm³/mol. The summed E-state index contributed by atoms with van der Waals surface area (Å²) in [5.74, 6) is 1.07. The van der Waals surface area contributed by atoms with Crippen LogP contribution in [0.25, 0.3) is 33.7 Å². The molecule has 0 saturated carbocycles. The van der Waals surface area contributed by atoms with Gasteiger partial charge in [0.25, 0.3) is 0 Å². The minimum atomic E-state index is -0.254. The molecule has 0 radical (unpaired) electrons. The number of ketones is 2. The maximum absolute atomic E-state index is 12.5. The fourth-order valence-corrected chi connectivity index (χ4v) is 4.17. The van der Waals surface area contributed by atoms with Gasteiger partial charge in [0.1, 0.15) is 18.1 Å². The van der Waals surface area contributed by atoms with Crippen molar-refractivity contribution in [1.29, 1.82) is 0 Å². The highest BCUT2D eigenvalue weighted by molar-refractivity contribution is 6.12. The maximum Gasteiger partial charge on any atom is 0.163 e. The van der Waals surface area contributed by atoms with Crippen LogP contribution in [0.5, 0.6) is 11.5 Å². The zero-order valence-corrected chi connectivity index (χ0v) is 21.0. The Morgan fingerprint density at radius 2 is 1.14 bits per heavy atom. The number of hydrogen-bond donors (Lipinski definition) is 1. The SMILES string of the molecule is CCCOc1ccc(/C=C/C(=O)CC(=O)/C=C/c2ccc(OCCN)c3ccccc23)c2ccccc12. The number of rotatable bonds is 12. The average Bonchev–Trinajstić information content (AvgIpc) is 2.93. The van der Waals surface area contributed by atoms with E-state index in [1.54, 1.807) is 12.2 Å². The second kappa shape index (κ2) is 12.7. The molecule has 0 aliphatic carbocycles. The molecule has 0 aliphatic rings. The Morgan fingerprint density at radius 3 is 1.59 bits per heavy atom. The van der Waals surface area contributed by atoms with E-state index in [1.807, 2.05) is 72.8 Å². The second-order valence-electron chi connectivity index (χ2n) is 8.66. The molecular weight excluding hydrogens is 462 g/mol. The summed E-state index contributed by atoms with van der Waals surface area (Å²) in [6, 6.07) is 23.4. The Labute approximate surface area is 217 Å². The molecular formula is C32H31NO4. The summed E-state index contributed by atoms with van der Waals surface area (Å²) in [6.07, 6.45) is 7.17. The lowest BCUT2D eigenvalue weighted by atomic mass is 10.0. The van der Waals surface area contributed by atoms with E-state index in [9.17, 15) is 9.59 Å². The lowest BCUT2D eigenvalue weighted by Crippen LogP contribution is -2.10. The summed E-state index contributed by atoms with van der Waals surface area (Å²) < 4.78 is 11.6. The van der Waals surface area contributed by atoms with Gasteiger partial charge in [-0.1, -0.05) is 79.7 Å². The van der Waals surface area contributed by atoms with Crippen molar-refractivity contribution in [1.82, 2.24) is 0 Å². The van der Waals surface area contributed by atoms with Crippen molar-refractivity contribution in [2.45, 2.75) is 19.8 Å². The first kappa shape index (κ1) is 25.9. The average molecular weight is 494 g/mol. The number of allylic oxidation sites excluding steroid dienone is 2. The Kier molecular flexibility index (Phi) is 8.84. The van der Waals surface area contributed by atoms with Gasteiger partial charge in [-0.2, -0.15) is 0 Å². The van der Waals surface area contributed by atoms with Crippen molar-refractivity contribution in [2.75, 3.05) is 19.8 Å². The van der Waals surface area contributed by atoms with Gasteiger partial charge in [0, 0.05) is 17.3 Å². The fourth-order valence-electron chi connectivity index (χ4n) is 4.17. The van der Waals surface area contributed by atoms with E-state index in [2.05, 4.69) is 6.92 Å². The molecule has 0 heterocycles. The molecule has 0 bridgehead atoms. The molecule has 5 nitrogen and oxygen atoms in total. The van der Waals surface area contributed by atoms with E-state index < -0.39 is 0 Å². The van der Waals surface area contributed by atoms with Crippen LogP contribution in [0.15, 0.2) is 84.9 Å². The molecule has 0 aromatic heterocycles. The van der Waals surface area contributed by atoms with E-state index in [0.29, 0.717) is 19.8 Å². The van der Waals surface area contributed by atoms with Gasteiger partial charge in [0.05, 0.1) is 13.0 Å². The van der Waals surface area contributed by atoms with Crippen LogP contribution < -0.4 is 15.2 Å². The lowest BCUT2D eigenvalue weighted by Gasteiger charge is -2.10. The highest BCUT2D eigenvalue weighted by atomic mass is 16.5. The summed E-state index contributed by atoms with van der Waals surface area (Å²) in [5.41, 5.74) is 7.34. The number of fused-ring (bicyclic) bond motifs is 2. The zero-order valence-electron chi connectivity index (χ0n) is 21.0. The normalized spacial score (nSPS) is 11.5. The van der Waals surface area contributed by atoms with Crippen LogP contribution in [0.4, 0.5) is 0 Å². The number of carbonyl (C=O) groups is 2. The standard InChI is InChI=1S/C32H31NO4/c1-2-20-36-31-17-13-23(27-7-3-5-9-29(27)31)11-15-25(34)22-26(35)16-12-24-14-18-32(37-21-19-33)30-10-6-4-8-28(24)30/h3-18H,2,19-22,33H2,1H3/b15-11+,16-12+. The first-order valence-corrected chi connectivity index (χ1v) is 12.5. The van der Waals surface area contributed by atoms with Crippen LogP contribution in [-0.4, -0.2) is 31.3 Å². The highest BCUT2D eigenvalue weighted by Crippen LogP contribution is 2.30. The van der Waals surface area contributed by atoms with Gasteiger partial charge in [-0.25, -0.2) is 0 Å². The number of benzene rings is 4. The monoisotopic (exact) mass is 493 g/mol. The van der Waals surface area contributed by atoms with Crippen molar-refractivity contribution in [2.24, 2.45) is 5.73 Å². The number of hydrogen-bond acceptors (Lipinski definition) is 5. The Bertz CT molecular complexity index is 1360. The van der Waals surface area contributed by atoms with Crippen LogP contribution in [0.1, 0.15) is 30.9 Å². The van der Waals surface area contributed by atoms with Gasteiger partial charge in [-0.05, 0) is 52.6 Å². The van der Waals surface area contributed by atoms with Crippen LogP contribution >= 0.6 is 0 Å². The molecule has 5 heteroatoms.